The van der Waals surface area contributed by atoms with Crippen molar-refractivity contribution in [3.05, 3.63) is 22.5 Å². The Kier molecular flexibility index (Phi) is 4.67. The maximum absolute atomic E-state index is 9.33. The molecule has 2 bridgehead atoms. The van der Waals surface area contributed by atoms with E-state index in [9.17, 15) is 5.11 Å². The van der Waals surface area contributed by atoms with Crippen LogP contribution in [0.4, 0.5) is 5.82 Å². The van der Waals surface area contributed by atoms with Crippen LogP contribution in [0.5, 0.6) is 0 Å². The van der Waals surface area contributed by atoms with Crippen molar-refractivity contribution in [2.45, 2.75) is 50.2 Å². The Bertz CT molecular complexity index is 801. The van der Waals surface area contributed by atoms with Crippen LogP contribution in [0.2, 0.25) is 0 Å². The molecule has 3 atom stereocenters. The number of aliphatic hydroxyl groups is 1. The smallest absolute Gasteiger partial charge is 0.204 e. The summed E-state index contributed by atoms with van der Waals surface area (Å²) in [5, 5.41) is 22.8. The summed E-state index contributed by atoms with van der Waals surface area (Å²) < 4.78 is 6.28. The molecule has 0 aliphatic carbocycles. The predicted octanol–water partition coefficient (Wildman–Crippen LogP) is 3.25. The van der Waals surface area contributed by atoms with Crippen molar-refractivity contribution in [2.75, 3.05) is 18.5 Å². The summed E-state index contributed by atoms with van der Waals surface area (Å²) in [4.78, 5) is 6.97. The average Bonchev–Trinajstić information content (AvgIpc) is 3.02. The lowest BCUT2D eigenvalue weighted by Gasteiger charge is -2.49. The van der Waals surface area contributed by atoms with Gasteiger partial charge in [-0.2, -0.15) is 5.26 Å². The minimum absolute atomic E-state index is 0.233. The molecule has 2 aliphatic heterocycles. The average molecular weight is 405 g/mol. The summed E-state index contributed by atoms with van der Waals surface area (Å²) in [6.45, 7) is 1.01. The Morgan fingerprint density at radius 3 is 2.84 bits per heavy atom. The van der Waals surface area contributed by atoms with Crippen LogP contribution >= 0.6 is 15.9 Å². The van der Waals surface area contributed by atoms with Gasteiger partial charge >= 0.3 is 0 Å². The zero-order valence-electron chi connectivity index (χ0n) is 13.9. The summed E-state index contributed by atoms with van der Waals surface area (Å²) in [5.74, 6) is 1.10. The maximum atomic E-state index is 9.33. The first kappa shape index (κ1) is 16.8. The standard InChI is InChI=1S/C18H21BrN4O2/c19-17-15-8-14(9-20)25-16(15)10-21-18(17)22-11-6-12-2-1-3-13(7-11)23(12)4-5-24/h8,10-13,24H,1-7H2,(H,21,22)/t11?,12-,13+. The molecule has 2 saturated heterocycles. The maximum Gasteiger partial charge on any atom is 0.204 e. The first-order valence-corrected chi connectivity index (χ1v) is 9.60. The van der Waals surface area contributed by atoms with Gasteiger partial charge < -0.3 is 14.8 Å². The van der Waals surface area contributed by atoms with Gasteiger partial charge in [0.2, 0.25) is 5.76 Å². The van der Waals surface area contributed by atoms with E-state index in [0.717, 1.165) is 35.1 Å². The zero-order valence-corrected chi connectivity index (χ0v) is 15.5. The number of piperidine rings is 2. The van der Waals surface area contributed by atoms with Crippen LogP contribution in [0.15, 0.2) is 21.2 Å². The van der Waals surface area contributed by atoms with Crippen LogP contribution in [0.1, 0.15) is 37.9 Å². The third-order valence-corrected chi connectivity index (χ3v) is 6.25. The number of aromatic nitrogens is 1. The molecule has 4 heterocycles. The third-order valence-electron chi connectivity index (χ3n) is 5.45. The predicted molar refractivity (Wildman–Crippen MR) is 98.3 cm³/mol. The number of pyridine rings is 1. The van der Waals surface area contributed by atoms with Crippen molar-refractivity contribution in [1.29, 1.82) is 5.26 Å². The van der Waals surface area contributed by atoms with Gasteiger partial charge in [-0.1, -0.05) is 6.42 Å². The highest BCUT2D eigenvalue weighted by Crippen LogP contribution is 2.37. The van der Waals surface area contributed by atoms with Gasteiger partial charge in [-0.25, -0.2) is 4.98 Å². The van der Waals surface area contributed by atoms with Gasteiger partial charge in [0.25, 0.3) is 0 Å². The second-order valence-corrected chi connectivity index (χ2v) is 7.73. The second-order valence-electron chi connectivity index (χ2n) is 6.93. The topological polar surface area (TPSA) is 85.3 Å². The SMILES string of the molecule is N#Cc1cc2c(Br)c(NC3C[C@H]4CCC[C@@H](C3)N4CCO)ncc2o1. The van der Waals surface area contributed by atoms with Crippen LogP contribution in [-0.2, 0) is 0 Å². The first-order valence-electron chi connectivity index (χ1n) is 8.81. The minimum Gasteiger partial charge on any atom is -0.444 e. The number of fused-ring (bicyclic) bond motifs is 3. The number of nitrogens with zero attached hydrogens (tertiary/aromatic N) is 3. The summed E-state index contributed by atoms with van der Waals surface area (Å²) in [6.07, 6.45) is 7.49. The quantitative estimate of drug-likeness (QED) is 0.813. The molecule has 25 heavy (non-hydrogen) atoms. The summed E-state index contributed by atoms with van der Waals surface area (Å²) in [5.41, 5.74) is 0.614. The van der Waals surface area contributed by atoms with Gasteiger partial charge in [-0.05, 0) is 41.6 Å². The van der Waals surface area contributed by atoms with Gasteiger partial charge in [0, 0.05) is 36.1 Å². The third kappa shape index (κ3) is 3.14. The van der Waals surface area contributed by atoms with E-state index in [4.69, 9.17) is 9.68 Å². The normalized spacial score (nSPS) is 26.5. The van der Waals surface area contributed by atoms with Crippen LogP contribution in [0, 0.1) is 11.3 Å². The molecule has 0 aromatic carbocycles. The van der Waals surface area contributed by atoms with Gasteiger partial charge in [-0.15, -0.1) is 0 Å². The van der Waals surface area contributed by atoms with E-state index in [1.54, 1.807) is 12.3 Å². The highest BCUT2D eigenvalue weighted by molar-refractivity contribution is 9.10. The molecule has 0 amide bonds. The van der Waals surface area contributed by atoms with E-state index in [1.807, 2.05) is 6.07 Å². The molecule has 7 heteroatoms. The molecule has 0 saturated carbocycles. The van der Waals surface area contributed by atoms with E-state index in [1.165, 1.54) is 19.3 Å². The van der Waals surface area contributed by atoms with E-state index in [2.05, 4.69) is 31.1 Å². The van der Waals surface area contributed by atoms with Crippen molar-refractivity contribution < 1.29 is 9.52 Å². The Morgan fingerprint density at radius 2 is 2.16 bits per heavy atom. The van der Waals surface area contributed by atoms with Crippen LogP contribution < -0.4 is 5.32 Å². The van der Waals surface area contributed by atoms with Crippen molar-refractivity contribution >= 4 is 32.7 Å². The molecule has 4 rings (SSSR count). The van der Waals surface area contributed by atoms with Crippen molar-refractivity contribution in [1.82, 2.24) is 9.88 Å². The Morgan fingerprint density at radius 1 is 1.40 bits per heavy atom. The first-order chi connectivity index (χ1) is 12.2. The molecule has 0 radical (unpaired) electrons. The number of aliphatic hydroxyl groups excluding tert-OH is 1. The molecule has 2 fully saturated rings. The fourth-order valence-electron chi connectivity index (χ4n) is 4.41. The van der Waals surface area contributed by atoms with Crippen molar-refractivity contribution in [3.8, 4) is 6.07 Å². The minimum atomic E-state index is 0.233. The lowest BCUT2D eigenvalue weighted by molar-refractivity contribution is 0.0217. The van der Waals surface area contributed by atoms with Crippen LogP contribution in [0.3, 0.4) is 0 Å². The molecule has 0 spiro atoms. The highest BCUT2D eigenvalue weighted by Gasteiger charge is 2.38. The molecular weight excluding hydrogens is 384 g/mol. The van der Waals surface area contributed by atoms with E-state index in [0.29, 0.717) is 29.5 Å². The number of hydrogen-bond acceptors (Lipinski definition) is 6. The van der Waals surface area contributed by atoms with Gasteiger partial charge in [0.05, 0.1) is 17.3 Å². The van der Waals surface area contributed by atoms with Crippen molar-refractivity contribution in [2.24, 2.45) is 0 Å². The van der Waals surface area contributed by atoms with Gasteiger partial charge in [0.1, 0.15) is 11.9 Å². The Balaban J connectivity index is 1.54. The summed E-state index contributed by atoms with van der Waals surface area (Å²) in [7, 11) is 0. The monoisotopic (exact) mass is 404 g/mol. The molecule has 2 aromatic heterocycles. The Hall–Kier alpha value is -1.62. The summed E-state index contributed by atoms with van der Waals surface area (Å²) in [6, 6.07) is 5.22. The lowest BCUT2D eigenvalue weighted by Crippen LogP contribution is -2.55. The number of anilines is 1. The number of nitriles is 1. The lowest BCUT2D eigenvalue weighted by atomic mass is 9.81. The number of nitrogens with one attached hydrogen (secondary N) is 1. The van der Waals surface area contributed by atoms with Gasteiger partial charge in [0.15, 0.2) is 5.58 Å². The van der Waals surface area contributed by atoms with E-state index < -0.39 is 0 Å². The number of rotatable bonds is 4. The molecule has 2 N–H and O–H groups in total. The van der Waals surface area contributed by atoms with Crippen LogP contribution in [0.25, 0.3) is 11.0 Å². The van der Waals surface area contributed by atoms with E-state index >= 15 is 0 Å². The van der Waals surface area contributed by atoms with Crippen LogP contribution in [-0.4, -0.2) is 46.3 Å². The fraction of sp³-hybridized carbons (Fsp3) is 0.556. The van der Waals surface area contributed by atoms with E-state index in [-0.39, 0.29) is 6.61 Å². The molecule has 6 nitrogen and oxygen atoms in total. The number of halogens is 1. The highest BCUT2D eigenvalue weighted by atomic mass is 79.9. The molecule has 132 valence electrons. The second kappa shape index (κ2) is 6.94. The molecule has 2 aromatic rings. The number of furan rings is 1. The molecular formula is C18H21BrN4O2. The summed E-state index contributed by atoms with van der Waals surface area (Å²) >= 11 is 3.61. The largest absolute Gasteiger partial charge is 0.444 e. The van der Waals surface area contributed by atoms with Gasteiger partial charge in [-0.3, -0.25) is 4.90 Å². The molecule has 2 aliphatic rings. The molecule has 1 unspecified atom stereocenters. The van der Waals surface area contributed by atoms with Crippen molar-refractivity contribution in [3.63, 3.8) is 0 Å². The Labute approximate surface area is 154 Å². The number of hydrogen-bond donors (Lipinski definition) is 2. The fourth-order valence-corrected chi connectivity index (χ4v) is 4.93. The zero-order chi connectivity index (χ0) is 17.4.